The van der Waals surface area contributed by atoms with Crippen molar-refractivity contribution in [2.75, 3.05) is 6.61 Å². The first-order valence-corrected chi connectivity index (χ1v) is 8.96. The molecule has 0 saturated carbocycles. The third-order valence-corrected chi connectivity index (χ3v) is 4.02. The van der Waals surface area contributed by atoms with Gasteiger partial charge in [-0.2, -0.15) is 5.10 Å². The molecular formula is C19H23N3OS. The number of benzene rings is 2. The quantitative estimate of drug-likeness (QED) is 0.339. The van der Waals surface area contributed by atoms with Gasteiger partial charge in [-0.25, -0.2) is 0 Å². The summed E-state index contributed by atoms with van der Waals surface area (Å²) < 4.78 is 5.55. The Kier molecular flexibility index (Phi) is 8.07. The van der Waals surface area contributed by atoms with Gasteiger partial charge in [0.1, 0.15) is 0 Å². The molecule has 0 radical (unpaired) electrons. The fourth-order valence-electron chi connectivity index (χ4n) is 2.01. The molecule has 0 aliphatic rings. The van der Waals surface area contributed by atoms with E-state index in [4.69, 9.17) is 10.5 Å². The summed E-state index contributed by atoms with van der Waals surface area (Å²) in [5.41, 5.74) is 9.20. The first-order chi connectivity index (χ1) is 11.8. The molecular weight excluding hydrogens is 318 g/mol. The summed E-state index contributed by atoms with van der Waals surface area (Å²) in [5.74, 6) is 0.788. The number of nitrogens with two attached hydrogens (primary N) is 1. The maximum absolute atomic E-state index is 5.88. The van der Waals surface area contributed by atoms with Crippen molar-refractivity contribution in [1.82, 2.24) is 0 Å². The van der Waals surface area contributed by atoms with Crippen molar-refractivity contribution in [3.8, 4) is 0 Å². The number of hydrogen-bond donors (Lipinski definition) is 1. The molecule has 0 fully saturated rings. The molecule has 126 valence electrons. The van der Waals surface area contributed by atoms with Crippen molar-refractivity contribution >= 4 is 23.1 Å². The lowest BCUT2D eigenvalue weighted by Crippen LogP contribution is -2.06. The first-order valence-electron chi connectivity index (χ1n) is 7.98. The number of thioether (sulfide) groups is 1. The summed E-state index contributed by atoms with van der Waals surface area (Å²) in [4.78, 5) is 0. The molecule has 2 aromatic carbocycles. The highest BCUT2D eigenvalue weighted by Gasteiger charge is 1.97. The molecule has 0 aliphatic heterocycles. The topological polar surface area (TPSA) is 60.0 Å². The molecule has 2 N–H and O–H groups in total. The Morgan fingerprint density at radius 2 is 1.92 bits per heavy atom. The summed E-state index contributed by atoms with van der Waals surface area (Å²) in [6.45, 7) is 3.49. The summed E-state index contributed by atoms with van der Waals surface area (Å²) in [6, 6.07) is 18.2. The van der Waals surface area contributed by atoms with E-state index in [9.17, 15) is 0 Å². The second kappa shape index (κ2) is 10.6. The van der Waals surface area contributed by atoms with E-state index in [-0.39, 0.29) is 0 Å². The molecule has 0 bridgehead atoms. The Balaban J connectivity index is 1.84. The van der Waals surface area contributed by atoms with Crippen LogP contribution in [0, 0.1) is 0 Å². The molecule has 0 unspecified atom stereocenters. The van der Waals surface area contributed by atoms with Gasteiger partial charge in [-0.15, -0.1) is 5.10 Å². The minimum Gasteiger partial charge on any atom is -0.377 e. The summed E-state index contributed by atoms with van der Waals surface area (Å²) >= 11 is 1.48. The lowest BCUT2D eigenvalue weighted by molar-refractivity contribution is 0.121. The molecule has 2 aromatic rings. The van der Waals surface area contributed by atoms with Crippen LogP contribution in [0.4, 0.5) is 0 Å². The Morgan fingerprint density at radius 1 is 1.12 bits per heavy atom. The lowest BCUT2D eigenvalue weighted by Gasteiger charge is -2.03. The molecule has 0 spiro atoms. The Bertz CT molecular complexity index is 671. The Morgan fingerprint density at radius 3 is 2.71 bits per heavy atom. The van der Waals surface area contributed by atoms with Crippen LogP contribution in [0.25, 0.3) is 0 Å². The van der Waals surface area contributed by atoms with E-state index >= 15 is 0 Å². The molecule has 0 heterocycles. The molecule has 0 saturated heterocycles. The van der Waals surface area contributed by atoms with Crippen LogP contribution < -0.4 is 5.73 Å². The summed E-state index contributed by atoms with van der Waals surface area (Å²) in [5, 5.41) is 8.56. The minimum absolute atomic E-state index is 0.456. The maximum Gasteiger partial charge on any atom is 0.180 e. The van der Waals surface area contributed by atoms with Gasteiger partial charge in [-0.1, -0.05) is 67.2 Å². The van der Waals surface area contributed by atoms with Crippen LogP contribution in [0.15, 0.2) is 64.8 Å². The van der Waals surface area contributed by atoms with E-state index in [1.54, 1.807) is 6.21 Å². The van der Waals surface area contributed by atoms with E-state index in [1.807, 2.05) is 42.5 Å². The zero-order valence-corrected chi connectivity index (χ0v) is 14.7. The van der Waals surface area contributed by atoms with E-state index in [1.165, 1.54) is 17.3 Å². The second-order valence-corrected chi connectivity index (χ2v) is 6.25. The van der Waals surface area contributed by atoms with Gasteiger partial charge in [-0.3, -0.25) is 0 Å². The number of amidine groups is 1. The van der Waals surface area contributed by atoms with Crippen molar-refractivity contribution in [3.05, 3.63) is 71.3 Å². The van der Waals surface area contributed by atoms with Gasteiger partial charge in [0.2, 0.25) is 0 Å². The zero-order valence-electron chi connectivity index (χ0n) is 13.9. The fraction of sp³-hybridized carbons (Fsp3) is 0.263. The molecule has 0 atom stereocenters. The SMILES string of the molecule is CCCOCc1cccc(C=NN=C(N)SCc2ccccc2)c1. The molecule has 24 heavy (non-hydrogen) atoms. The third kappa shape index (κ3) is 6.98. The third-order valence-electron chi connectivity index (χ3n) is 3.16. The van der Waals surface area contributed by atoms with Crippen molar-refractivity contribution in [3.63, 3.8) is 0 Å². The van der Waals surface area contributed by atoms with Crippen LogP contribution in [0.5, 0.6) is 0 Å². The summed E-state index contributed by atoms with van der Waals surface area (Å²) in [6.07, 6.45) is 2.73. The van der Waals surface area contributed by atoms with Crippen LogP contribution in [-0.2, 0) is 17.1 Å². The van der Waals surface area contributed by atoms with Crippen molar-refractivity contribution in [1.29, 1.82) is 0 Å². The van der Waals surface area contributed by atoms with Gasteiger partial charge in [0.25, 0.3) is 0 Å². The maximum atomic E-state index is 5.88. The summed E-state index contributed by atoms with van der Waals surface area (Å²) in [7, 11) is 0. The molecule has 5 heteroatoms. The first kappa shape index (κ1) is 18.2. The van der Waals surface area contributed by atoms with E-state index in [0.717, 1.165) is 29.9 Å². The monoisotopic (exact) mass is 341 g/mol. The predicted molar refractivity (Wildman–Crippen MR) is 103 cm³/mol. The number of nitrogens with zero attached hydrogens (tertiary/aromatic N) is 2. The Labute approximate surface area is 147 Å². The van der Waals surface area contributed by atoms with Crippen molar-refractivity contribution < 1.29 is 4.74 Å². The van der Waals surface area contributed by atoms with Gasteiger partial charge in [0.05, 0.1) is 12.8 Å². The standard InChI is InChI=1S/C19H23N3OS/c1-2-11-23-14-18-10-6-9-17(12-18)13-21-22-19(20)24-15-16-7-4-3-5-8-16/h3-10,12-13H,2,11,14-15H2,1H3,(H2,20,22). The van der Waals surface area contributed by atoms with Crippen molar-refractivity contribution in [2.24, 2.45) is 15.9 Å². The lowest BCUT2D eigenvalue weighted by atomic mass is 10.1. The van der Waals surface area contributed by atoms with Gasteiger partial charge < -0.3 is 10.5 Å². The van der Waals surface area contributed by atoms with Gasteiger partial charge in [0.15, 0.2) is 5.17 Å². The molecule has 0 aromatic heterocycles. The molecule has 4 nitrogen and oxygen atoms in total. The number of rotatable bonds is 8. The predicted octanol–water partition coefficient (Wildman–Crippen LogP) is 4.20. The highest BCUT2D eigenvalue weighted by molar-refractivity contribution is 8.13. The second-order valence-electron chi connectivity index (χ2n) is 5.25. The molecule has 0 aliphatic carbocycles. The fourth-order valence-corrected chi connectivity index (χ4v) is 2.62. The average Bonchev–Trinajstić information content (AvgIpc) is 2.61. The smallest absolute Gasteiger partial charge is 0.180 e. The van der Waals surface area contributed by atoms with E-state index < -0.39 is 0 Å². The van der Waals surface area contributed by atoms with Crippen LogP contribution in [0.1, 0.15) is 30.0 Å². The van der Waals surface area contributed by atoms with E-state index in [2.05, 4.69) is 29.3 Å². The average molecular weight is 341 g/mol. The normalized spacial score (nSPS) is 12.0. The van der Waals surface area contributed by atoms with Crippen LogP contribution in [0.3, 0.4) is 0 Å². The highest BCUT2D eigenvalue weighted by atomic mass is 32.2. The van der Waals surface area contributed by atoms with Gasteiger partial charge in [-0.05, 0) is 29.2 Å². The largest absolute Gasteiger partial charge is 0.377 e. The van der Waals surface area contributed by atoms with Crippen molar-refractivity contribution in [2.45, 2.75) is 25.7 Å². The van der Waals surface area contributed by atoms with Gasteiger partial charge >= 0.3 is 0 Å². The minimum atomic E-state index is 0.456. The van der Waals surface area contributed by atoms with Crippen LogP contribution >= 0.6 is 11.8 Å². The van der Waals surface area contributed by atoms with E-state index in [0.29, 0.717) is 11.8 Å². The Hall–Kier alpha value is -2.11. The number of hydrogen-bond acceptors (Lipinski definition) is 4. The molecule has 0 amide bonds. The number of ether oxygens (including phenoxy) is 1. The van der Waals surface area contributed by atoms with Gasteiger partial charge in [0, 0.05) is 12.4 Å². The zero-order chi connectivity index (χ0) is 17.0. The van der Waals surface area contributed by atoms with Crippen LogP contribution in [0.2, 0.25) is 0 Å². The highest BCUT2D eigenvalue weighted by Crippen LogP contribution is 2.11. The van der Waals surface area contributed by atoms with Crippen LogP contribution in [-0.4, -0.2) is 18.0 Å². The molecule has 2 rings (SSSR count).